The number of aryl methyl sites for hydroxylation is 1. The predicted octanol–water partition coefficient (Wildman–Crippen LogP) is 0.716. The van der Waals surface area contributed by atoms with Gasteiger partial charge in [0.25, 0.3) is 0 Å². The van der Waals surface area contributed by atoms with Crippen LogP contribution in [0.1, 0.15) is 18.7 Å². The molecule has 0 bridgehead atoms. The fourth-order valence-corrected chi connectivity index (χ4v) is 1.23. The Morgan fingerprint density at radius 3 is 2.86 bits per heavy atom. The summed E-state index contributed by atoms with van der Waals surface area (Å²) in [5.41, 5.74) is 5.52. The Morgan fingerprint density at radius 2 is 2.29 bits per heavy atom. The number of anilines is 2. The van der Waals surface area contributed by atoms with Gasteiger partial charge in [0.05, 0.1) is 0 Å². The monoisotopic (exact) mass is 192 g/mol. The van der Waals surface area contributed by atoms with Gasteiger partial charge in [0.2, 0.25) is 5.91 Å². The summed E-state index contributed by atoms with van der Waals surface area (Å²) in [7, 11) is 0. The van der Waals surface area contributed by atoms with Crippen LogP contribution in [0, 0.1) is 12.8 Å². The Balaban J connectivity index is 2.11. The Morgan fingerprint density at radius 1 is 1.57 bits per heavy atom. The molecule has 0 atom stereocenters. The third-order valence-corrected chi connectivity index (χ3v) is 2.06. The average Bonchev–Trinajstić information content (AvgIpc) is 2.82. The first-order valence-electron chi connectivity index (χ1n) is 4.57. The Labute approximate surface area is 81.7 Å². The van der Waals surface area contributed by atoms with Crippen LogP contribution in [-0.4, -0.2) is 15.9 Å². The van der Waals surface area contributed by atoms with Crippen LogP contribution in [0.3, 0.4) is 0 Å². The van der Waals surface area contributed by atoms with Crippen molar-refractivity contribution in [2.45, 2.75) is 19.8 Å². The number of nitrogens with one attached hydrogen (secondary N) is 1. The number of carbonyl (C=O) groups excluding carboxylic acids is 1. The smallest absolute Gasteiger partial charge is 0.228 e. The van der Waals surface area contributed by atoms with E-state index in [9.17, 15) is 4.79 Å². The van der Waals surface area contributed by atoms with Crippen LogP contribution in [0.15, 0.2) is 6.07 Å². The van der Waals surface area contributed by atoms with Crippen molar-refractivity contribution in [3.05, 3.63) is 11.9 Å². The van der Waals surface area contributed by atoms with Crippen molar-refractivity contribution in [2.75, 3.05) is 11.1 Å². The van der Waals surface area contributed by atoms with Gasteiger partial charge in [0.15, 0.2) is 0 Å². The second kappa shape index (κ2) is 3.25. The number of aromatic nitrogens is 2. The molecule has 74 valence electrons. The van der Waals surface area contributed by atoms with Crippen LogP contribution in [0.2, 0.25) is 0 Å². The van der Waals surface area contributed by atoms with E-state index in [0.29, 0.717) is 17.5 Å². The molecule has 5 heteroatoms. The van der Waals surface area contributed by atoms with Crippen molar-refractivity contribution in [2.24, 2.45) is 5.92 Å². The molecule has 0 aromatic carbocycles. The number of nitrogens with two attached hydrogens (primary N) is 1. The SMILES string of the molecule is Cc1nc(N)cc(NC(=O)C2CC2)n1. The van der Waals surface area contributed by atoms with E-state index in [-0.39, 0.29) is 11.8 Å². The van der Waals surface area contributed by atoms with Gasteiger partial charge < -0.3 is 11.1 Å². The maximum absolute atomic E-state index is 11.4. The molecule has 2 rings (SSSR count). The maximum atomic E-state index is 11.4. The van der Waals surface area contributed by atoms with Crippen molar-refractivity contribution in [1.29, 1.82) is 0 Å². The first-order valence-corrected chi connectivity index (χ1v) is 4.57. The van der Waals surface area contributed by atoms with Crippen LogP contribution >= 0.6 is 0 Å². The molecule has 5 nitrogen and oxygen atoms in total. The highest BCUT2D eigenvalue weighted by Gasteiger charge is 2.29. The molecule has 0 saturated heterocycles. The van der Waals surface area contributed by atoms with Crippen molar-refractivity contribution in [3.63, 3.8) is 0 Å². The maximum Gasteiger partial charge on any atom is 0.228 e. The van der Waals surface area contributed by atoms with Gasteiger partial charge in [-0.2, -0.15) is 0 Å². The molecule has 1 amide bonds. The van der Waals surface area contributed by atoms with Gasteiger partial charge in [-0.15, -0.1) is 0 Å². The molecule has 0 aliphatic heterocycles. The van der Waals surface area contributed by atoms with E-state index >= 15 is 0 Å². The summed E-state index contributed by atoms with van der Waals surface area (Å²) in [5, 5.41) is 2.72. The number of amides is 1. The van der Waals surface area contributed by atoms with Gasteiger partial charge in [0, 0.05) is 12.0 Å². The van der Waals surface area contributed by atoms with E-state index in [1.165, 1.54) is 0 Å². The average molecular weight is 192 g/mol. The zero-order valence-corrected chi connectivity index (χ0v) is 7.95. The molecule has 3 N–H and O–H groups in total. The summed E-state index contributed by atoms with van der Waals surface area (Å²) < 4.78 is 0. The van der Waals surface area contributed by atoms with E-state index < -0.39 is 0 Å². The van der Waals surface area contributed by atoms with Crippen LogP contribution in [0.5, 0.6) is 0 Å². The van der Waals surface area contributed by atoms with Gasteiger partial charge in [-0.3, -0.25) is 4.79 Å². The Bertz CT molecular complexity index is 353. The summed E-state index contributed by atoms with van der Waals surface area (Å²) in [6, 6.07) is 1.56. The second-order valence-corrected chi connectivity index (χ2v) is 3.49. The third kappa shape index (κ3) is 1.99. The van der Waals surface area contributed by atoms with Gasteiger partial charge in [-0.1, -0.05) is 0 Å². The Hall–Kier alpha value is -1.65. The number of nitrogen functional groups attached to an aromatic ring is 1. The second-order valence-electron chi connectivity index (χ2n) is 3.49. The highest BCUT2D eigenvalue weighted by Crippen LogP contribution is 2.29. The minimum Gasteiger partial charge on any atom is -0.384 e. The van der Waals surface area contributed by atoms with Gasteiger partial charge in [-0.05, 0) is 19.8 Å². The number of rotatable bonds is 2. The topological polar surface area (TPSA) is 80.9 Å². The third-order valence-electron chi connectivity index (χ3n) is 2.06. The summed E-state index contributed by atoms with van der Waals surface area (Å²) in [6.07, 6.45) is 1.96. The molecule has 0 unspecified atom stereocenters. The molecule has 0 spiro atoms. The van der Waals surface area contributed by atoms with Crippen molar-refractivity contribution >= 4 is 17.5 Å². The van der Waals surface area contributed by atoms with E-state index in [0.717, 1.165) is 12.8 Å². The van der Waals surface area contributed by atoms with Crippen LogP contribution in [-0.2, 0) is 4.79 Å². The lowest BCUT2D eigenvalue weighted by Crippen LogP contribution is -2.15. The van der Waals surface area contributed by atoms with E-state index in [1.54, 1.807) is 13.0 Å². The summed E-state index contributed by atoms with van der Waals surface area (Å²) in [4.78, 5) is 19.4. The van der Waals surface area contributed by atoms with Crippen LogP contribution in [0.25, 0.3) is 0 Å². The minimum absolute atomic E-state index is 0.0301. The lowest BCUT2D eigenvalue weighted by Gasteiger charge is -2.04. The molecule has 0 radical (unpaired) electrons. The molecule has 14 heavy (non-hydrogen) atoms. The van der Waals surface area contributed by atoms with Crippen molar-refractivity contribution in [3.8, 4) is 0 Å². The Kier molecular flexibility index (Phi) is 2.07. The van der Waals surface area contributed by atoms with Crippen LogP contribution < -0.4 is 11.1 Å². The fraction of sp³-hybridized carbons (Fsp3) is 0.444. The number of nitrogens with zero attached hydrogens (tertiary/aromatic N) is 2. The molecule has 1 saturated carbocycles. The highest BCUT2D eigenvalue weighted by atomic mass is 16.2. The van der Waals surface area contributed by atoms with Crippen LogP contribution in [0.4, 0.5) is 11.6 Å². The van der Waals surface area contributed by atoms with Gasteiger partial charge >= 0.3 is 0 Å². The first-order chi connectivity index (χ1) is 6.65. The largest absolute Gasteiger partial charge is 0.384 e. The van der Waals surface area contributed by atoms with Gasteiger partial charge in [-0.25, -0.2) is 9.97 Å². The summed E-state index contributed by atoms with van der Waals surface area (Å²) in [6.45, 7) is 1.74. The van der Waals surface area contributed by atoms with E-state index in [2.05, 4.69) is 15.3 Å². The van der Waals surface area contributed by atoms with E-state index in [4.69, 9.17) is 5.73 Å². The molecule has 1 aliphatic rings. The molecule has 1 aromatic heterocycles. The zero-order chi connectivity index (χ0) is 10.1. The number of carbonyl (C=O) groups is 1. The molecular weight excluding hydrogens is 180 g/mol. The lowest BCUT2D eigenvalue weighted by molar-refractivity contribution is -0.117. The standard InChI is InChI=1S/C9H12N4O/c1-5-11-7(10)4-8(12-5)13-9(14)6-2-3-6/h4,6H,2-3H2,1H3,(H3,10,11,12,13,14). The van der Waals surface area contributed by atoms with Crippen molar-refractivity contribution < 1.29 is 4.79 Å². The number of hydrogen-bond acceptors (Lipinski definition) is 4. The minimum atomic E-state index is 0.0301. The van der Waals surface area contributed by atoms with Gasteiger partial charge in [0.1, 0.15) is 17.5 Å². The molecule has 1 aliphatic carbocycles. The molecular formula is C9H12N4O. The van der Waals surface area contributed by atoms with E-state index in [1.807, 2.05) is 0 Å². The molecule has 1 aromatic rings. The number of hydrogen-bond donors (Lipinski definition) is 2. The first kappa shape index (κ1) is 8.93. The quantitative estimate of drug-likeness (QED) is 0.723. The molecule has 1 heterocycles. The zero-order valence-electron chi connectivity index (χ0n) is 7.95. The summed E-state index contributed by atoms with van der Waals surface area (Å²) >= 11 is 0. The molecule has 1 fully saturated rings. The normalized spacial score (nSPS) is 15.2. The fourth-order valence-electron chi connectivity index (χ4n) is 1.23. The predicted molar refractivity (Wildman–Crippen MR) is 52.5 cm³/mol. The lowest BCUT2D eigenvalue weighted by atomic mass is 10.4. The highest BCUT2D eigenvalue weighted by molar-refractivity contribution is 5.93. The summed E-state index contributed by atoms with van der Waals surface area (Å²) in [5.74, 6) is 1.64. The van der Waals surface area contributed by atoms with Crippen molar-refractivity contribution in [1.82, 2.24) is 9.97 Å².